The number of benzene rings is 1. The first-order valence-corrected chi connectivity index (χ1v) is 7.76. The summed E-state index contributed by atoms with van der Waals surface area (Å²) in [5.41, 5.74) is 8.70. The minimum Gasteiger partial charge on any atom is -0.370 e. The van der Waals surface area contributed by atoms with Crippen LogP contribution in [0.4, 0.5) is 5.69 Å². The van der Waals surface area contributed by atoms with Gasteiger partial charge in [0.25, 0.3) is 0 Å². The van der Waals surface area contributed by atoms with Gasteiger partial charge in [-0.05, 0) is 49.3 Å². The first-order chi connectivity index (χ1) is 9.15. The van der Waals surface area contributed by atoms with Gasteiger partial charge in [-0.15, -0.1) is 0 Å². The van der Waals surface area contributed by atoms with E-state index in [2.05, 4.69) is 24.8 Å². The molecule has 2 nitrogen and oxygen atoms in total. The third-order valence-electron chi connectivity index (χ3n) is 4.74. The highest BCUT2D eigenvalue weighted by Gasteiger charge is 2.36. The highest BCUT2D eigenvalue weighted by molar-refractivity contribution is 6.33. The Balaban J connectivity index is 2.28. The molecule has 1 aromatic carbocycles. The molecule has 0 radical (unpaired) electrons. The standard InChI is InChI=1S/C16H25ClN2/c1-3-16(4-2)9-11-19(12-16)15-13(8-10-18)6-5-7-14(15)17/h5-7H,3-4,8-12,18H2,1-2H3. The van der Waals surface area contributed by atoms with E-state index in [0.29, 0.717) is 12.0 Å². The van der Waals surface area contributed by atoms with Gasteiger partial charge in [0.1, 0.15) is 0 Å². The van der Waals surface area contributed by atoms with Crippen LogP contribution < -0.4 is 10.6 Å². The van der Waals surface area contributed by atoms with Crippen molar-refractivity contribution in [2.24, 2.45) is 11.1 Å². The zero-order chi connectivity index (χ0) is 13.9. The van der Waals surface area contributed by atoms with Gasteiger partial charge in [-0.2, -0.15) is 0 Å². The summed E-state index contributed by atoms with van der Waals surface area (Å²) >= 11 is 6.44. The Kier molecular flexibility index (Phi) is 4.75. The zero-order valence-electron chi connectivity index (χ0n) is 12.1. The normalized spacial score (nSPS) is 18.0. The van der Waals surface area contributed by atoms with E-state index in [-0.39, 0.29) is 0 Å². The van der Waals surface area contributed by atoms with Crippen molar-refractivity contribution in [2.45, 2.75) is 39.5 Å². The average Bonchev–Trinajstić information content (AvgIpc) is 2.84. The maximum absolute atomic E-state index is 6.44. The highest BCUT2D eigenvalue weighted by atomic mass is 35.5. The van der Waals surface area contributed by atoms with Crippen LogP contribution in [0.25, 0.3) is 0 Å². The van der Waals surface area contributed by atoms with Crippen LogP contribution in [0, 0.1) is 5.41 Å². The fourth-order valence-electron chi connectivity index (χ4n) is 3.22. The molecule has 2 rings (SSSR count). The predicted octanol–water partition coefficient (Wildman–Crippen LogP) is 3.86. The number of anilines is 1. The Labute approximate surface area is 121 Å². The summed E-state index contributed by atoms with van der Waals surface area (Å²) in [5.74, 6) is 0. The Hall–Kier alpha value is -0.730. The van der Waals surface area contributed by atoms with Crippen molar-refractivity contribution in [2.75, 3.05) is 24.5 Å². The molecule has 19 heavy (non-hydrogen) atoms. The van der Waals surface area contributed by atoms with E-state index < -0.39 is 0 Å². The van der Waals surface area contributed by atoms with Gasteiger partial charge in [-0.1, -0.05) is 37.6 Å². The lowest BCUT2D eigenvalue weighted by atomic mass is 9.82. The van der Waals surface area contributed by atoms with E-state index >= 15 is 0 Å². The lowest BCUT2D eigenvalue weighted by molar-refractivity contribution is 0.301. The summed E-state index contributed by atoms with van der Waals surface area (Å²) in [5, 5.41) is 0.869. The van der Waals surface area contributed by atoms with Crippen LogP contribution in [0.1, 0.15) is 38.7 Å². The molecule has 1 aliphatic rings. The number of rotatable bonds is 5. The van der Waals surface area contributed by atoms with Gasteiger partial charge in [-0.3, -0.25) is 0 Å². The van der Waals surface area contributed by atoms with Crippen LogP contribution in [-0.4, -0.2) is 19.6 Å². The molecule has 1 aromatic rings. The molecule has 3 heteroatoms. The van der Waals surface area contributed by atoms with Crippen LogP contribution >= 0.6 is 11.6 Å². The van der Waals surface area contributed by atoms with Gasteiger partial charge in [0.05, 0.1) is 10.7 Å². The number of nitrogens with two attached hydrogens (primary N) is 1. The molecule has 0 spiro atoms. The number of halogens is 1. The molecule has 1 aliphatic heterocycles. The first-order valence-electron chi connectivity index (χ1n) is 7.38. The molecule has 0 atom stereocenters. The molecule has 0 amide bonds. The third kappa shape index (κ3) is 2.90. The predicted molar refractivity (Wildman–Crippen MR) is 84.1 cm³/mol. The van der Waals surface area contributed by atoms with Gasteiger partial charge >= 0.3 is 0 Å². The topological polar surface area (TPSA) is 29.3 Å². The minimum atomic E-state index is 0.471. The molecule has 1 fully saturated rings. The van der Waals surface area contributed by atoms with E-state index in [0.717, 1.165) is 24.5 Å². The molecular formula is C16H25ClN2. The Morgan fingerprint density at radius 2 is 2.05 bits per heavy atom. The second-order valence-electron chi connectivity index (χ2n) is 5.66. The maximum atomic E-state index is 6.44. The lowest BCUT2D eigenvalue weighted by Gasteiger charge is -2.28. The van der Waals surface area contributed by atoms with Crippen LogP contribution in [0.2, 0.25) is 5.02 Å². The van der Waals surface area contributed by atoms with E-state index in [9.17, 15) is 0 Å². The van der Waals surface area contributed by atoms with E-state index in [1.54, 1.807) is 0 Å². The fourth-order valence-corrected chi connectivity index (χ4v) is 3.54. The van der Waals surface area contributed by atoms with Gasteiger partial charge in [0.15, 0.2) is 0 Å². The molecular weight excluding hydrogens is 256 g/mol. The number of para-hydroxylation sites is 1. The van der Waals surface area contributed by atoms with Crippen molar-refractivity contribution < 1.29 is 0 Å². The maximum Gasteiger partial charge on any atom is 0.0642 e. The van der Waals surface area contributed by atoms with Crippen LogP contribution in [0.3, 0.4) is 0 Å². The smallest absolute Gasteiger partial charge is 0.0642 e. The SMILES string of the molecule is CCC1(CC)CCN(c2c(Cl)cccc2CCN)C1. The van der Waals surface area contributed by atoms with Crippen molar-refractivity contribution in [1.29, 1.82) is 0 Å². The number of hydrogen-bond acceptors (Lipinski definition) is 2. The van der Waals surface area contributed by atoms with E-state index in [1.165, 1.54) is 30.5 Å². The van der Waals surface area contributed by atoms with Gasteiger partial charge in [0.2, 0.25) is 0 Å². The fraction of sp³-hybridized carbons (Fsp3) is 0.625. The monoisotopic (exact) mass is 280 g/mol. The van der Waals surface area contributed by atoms with Crippen molar-refractivity contribution in [3.8, 4) is 0 Å². The summed E-state index contributed by atoms with van der Waals surface area (Å²) in [7, 11) is 0. The summed E-state index contributed by atoms with van der Waals surface area (Å²) in [6, 6.07) is 6.18. The van der Waals surface area contributed by atoms with E-state index in [1.807, 2.05) is 12.1 Å². The summed E-state index contributed by atoms with van der Waals surface area (Å²) in [4.78, 5) is 2.47. The van der Waals surface area contributed by atoms with Crippen molar-refractivity contribution in [3.05, 3.63) is 28.8 Å². The molecule has 0 bridgehead atoms. The Morgan fingerprint density at radius 1 is 1.32 bits per heavy atom. The first kappa shape index (κ1) is 14.7. The Bertz CT molecular complexity index is 427. The summed E-state index contributed by atoms with van der Waals surface area (Å²) in [6.07, 6.45) is 4.66. The molecule has 0 aromatic heterocycles. The largest absolute Gasteiger partial charge is 0.370 e. The van der Waals surface area contributed by atoms with Crippen molar-refractivity contribution >= 4 is 17.3 Å². The minimum absolute atomic E-state index is 0.471. The average molecular weight is 281 g/mol. The second-order valence-corrected chi connectivity index (χ2v) is 6.07. The van der Waals surface area contributed by atoms with Crippen molar-refractivity contribution in [1.82, 2.24) is 0 Å². The molecule has 0 unspecified atom stereocenters. The molecule has 0 aliphatic carbocycles. The van der Waals surface area contributed by atoms with Crippen LogP contribution in [-0.2, 0) is 6.42 Å². The van der Waals surface area contributed by atoms with E-state index in [4.69, 9.17) is 17.3 Å². The summed E-state index contributed by atoms with van der Waals surface area (Å²) in [6.45, 7) is 7.53. The number of hydrogen-bond donors (Lipinski definition) is 1. The van der Waals surface area contributed by atoms with Crippen LogP contribution in [0.5, 0.6) is 0 Å². The van der Waals surface area contributed by atoms with Gasteiger partial charge < -0.3 is 10.6 Å². The second kappa shape index (κ2) is 6.15. The molecule has 0 saturated carbocycles. The van der Waals surface area contributed by atoms with Gasteiger partial charge in [0, 0.05) is 13.1 Å². The van der Waals surface area contributed by atoms with Crippen LogP contribution in [0.15, 0.2) is 18.2 Å². The van der Waals surface area contributed by atoms with Gasteiger partial charge in [-0.25, -0.2) is 0 Å². The third-order valence-corrected chi connectivity index (χ3v) is 5.04. The zero-order valence-corrected chi connectivity index (χ0v) is 12.8. The lowest BCUT2D eigenvalue weighted by Crippen LogP contribution is -2.27. The summed E-state index contributed by atoms with van der Waals surface area (Å²) < 4.78 is 0. The molecule has 2 N–H and O–H groups in total. The van der Waals surface area contributed by atoms with Crippen molar-refractivity contribution in [3.63, 3.8) is 0 Å². The quantitative estimate of drug-likeness (QED) is 0.887. The number of nitrogens with zero attached hydrogens (tertiary/aromatic N) is 1. The molecule has 106 valence electrons. The Morgan fingerprint density at radius 3 is 2.63 bits per heavy atom. The molecule has 1 heterocycles. The highest BCUT2D eigenvalue weighted by Crippen LogP contribution is 2.42. The molecule has 1 saturated heterocycles.